The van der Waals surface area contributed by atoms with Crippen LogP contribution in [0.2, 0.25) is 0 Å². The van der Waals surface area contributed by atoms with Gasteiger partial charge in [-0.1, -0.05) is 78.0 Å². The van der Waals surface area contributed by atoms with Crippen LogP contribution in [-0.4, -0.2) is 17.7 Å². The third-order valence-corrected chi connectivity index (χ3v) is 5.63. The van der Waals surface area contributed by atoms with Gasteiger partial charge in [-0.2, -0.15) is 0 Å². The number of hydrogen-bond acceptors (Lipinski definition) is 6. The van der Waals surface area contributed by atoms with E-state index in [-0.39, 0.29) is 12.8 Å². The summed E-state index contributed by atoms with van der Waals surface area (Å²) in [7, 11) is 0. The van der Waals surface area contributed by atoms with Gasteiger partial charge in [-0.3, -0.25) is 10.5 Å². The molecule has 0 saturated heterocycles. The molecular weight excluding hydrogens is 428 g/mol. The van der Waals surface area contributed by atoms with E-state index in [4.69, 9.17) is 15.3 Å². The van der Waals surface area contributed by atoms with Gasteiger partial charge in [0.1, 0.15) is 0 Å². The number of rotatable bonds is 7. The van der Waals surface area contributed by atoms with Crippen LogP contribution in [0.3, 0.4) is 0 Å². The average Bonchev–Trinajstić information content (AvgIpc) is 2.85. The molecule has 0 saturated carbocycles. The van der Waals surface area contributed by atoms with Crippen molar-refractivity contribution in [2.24, 2.45) is 10.9 Å². The monoisotopic (exact) mass is 454 g/mol. The molecule has 0 heterocycles. The van der Waals surface area contributed by atoms with Crippen molar-refractivity contribution >= 4 is 39.2 Å². The summed E-state index contributed by atoms with van der Waals surface area (Å²) < 4.78 is 5.45. The van der Waals surface area contributed by atoms with E-state index in [2.05, 4.69) is 5.16 Å². The molecule has 2 N–H and O–H groups in total. The van der Waals surface area contributed by atoms with Crippen molar-refractivity contribution in [3.8, 4) is 0 Å². The van der Waals surface area contributed by atoms with E-state index in [0.29, 0.717) is 11.3 Å². The molecule has 1 atom stereocenters. The van der Waals surface area contributed by atoms with Crippen molar-refractivity contribution < 1.29 is 19.2 Å². The number of nitrogens with two attached hydrogens (primary N) is 1. The lowest BCUT2D eigenvalue weighted by molar-refractivity contribution is -0.161. The van der Waals surface area contributed by atoms with Crippen LogP contribution in [-0.2, 0) is 24.9 Å². The second-order valence-electron chi connectivity index (χ2n) is 8.34. The van der Waals surface area contributed by atoms with Crippen molar-refractivity contribution in [2.45, 2.75) is 32.4 Å². The van der Waals surface area contributed by atoms with Crippen molar-refractivity contribution in [1.29, 1.82) is 0 Å². The van der Waals surface area contributed by atoms with Crippen LogP contribution in [0.5, 0.6) is 0 Å². The second-order valence-corrected chi connectivity index (χ2v) is 8.34. The Morgan fingerprint density at radius 2 is 1.35 bits per heavy atom. The Morgan fingerprint density at radius 3 is 2.03 bits per heavy atom. The number of nitrogens with zero attached hydrogens (tertiary/aromatic N) is 1. The highest BCUT2D eigenvalue weighted by Crippen LogP contribution is 2.25. The van der Waals surface area contributed by atoms with Crippen LogP contribution in [0.1, 0.15) is 37.8 Å². The van der Waals surface area contributed by atoms with Gasteiger partial charge in [0.25, 0.3) is 0 Å². The van der Waals surface area contributed by atoms with Gasteiger partial charge >= 0.3 is 11.9 Å². The minimum Gasteiger partial charge on any atom is -0.440 e. The van der Waals surface area contributed by atoms with E-state index in [9.17, 15) is 9.59 Å². The maximum absolute atomic E-state index is 12.3. The van der Waals surface area contributed by atoms with Crippen LogP contribution in [0.4, 0.5) is 0 Å². The summed E-state index contributed by atoms with van der Waals surface area (Å²) in [6, 6.07) is 27.3. The van der Waals surface area contributed by atoms with Gasteiger partial charge < -0.3 is 9.57 Å². The molecule has 4 rings (SSSR count). The lowest BCUT2D eigenvalue weighted by Crippen LogP contribution is -2.38. The fourth-order valence-electron chi connectivity index (χ4n) is 3.68. The number of carbonyl (C=O) groups is 2. The normalized spacial score (nSPS) is 13.4. The molecule has 0 aromatic heterocycles. The van der Waals surface area contributed by atoms with Crippen molar-refractivity contribution in [3.63, 3.8) is 0 Å². The first-order chi connectivity index (χ1) is 16.3. The highest BCUT2D eigenvalue weighted by atomic mass is 16.7. The molecule has 0 fully saturated rings. The van der Waals surface area contributed by atoms with Crippen LogP contribution in [0.25, 0.3) is 21.5 Å². The molecule has 0 radical (unpaired) electrons. The molecule has 6 nitrogen and oxygen atoms in total. The maximum Gasteiger partial charge on any atom is 0.335 e. The minimum atomic E-state index is -1.32. The van der Waals surface area contributed by atoms with Gasteiger partial charge in [0.15, 0.2) is 5.72 Å². The van der Waals surface area contributed by atoms with Gasteiger partial charge in [0.05, 0.1) is 18.6 Å². The van der Waals surface area contributed by atoms with Crippen LogP contribution < -0.4 is 5.73 Å². The number of ether oxygens (including phenoxy) is 1. The van der Waals surface area contributed by atoms with Gasteiger partial charge in [-0.15, -0.1) is 0 Å². The number of fused-ring (bicyclic) bond motifs is 2. The first-order valence-corrected chi connectivity index (χ1v) is 11.1. The Bertz CT molecular complexity index is 1390. The summed E-state index contributed by atoms with van der Waals surface area (Å²) in [5, 5.41) is 8.17. The SMILES string of the molecule is CC(=NOC(=O)CCC(=O)OC(C)(N)c1ccc2ccccc2c1)c1ccc2ccccc2c1. The zero-order valence-corrected chi connectivity index (χ0v) is 19.2. The predicted octanol–water partition coefficient (Wildman–Crippen LogP) is 5.42. The average molecular weight is 455 g/mol. The van der Waals surface area contributed by atoms with Gasteiger partial charge in [0.2, 0.25) is 0 Å². The third-order valence-electron chi connectivity index (χ3n) is 5.63. The van der Waals surface area contributed by atoms with Gasteiger partial charge in [-0.05, 0) is 53.1 Å². The van der Waals surface area contributed by atoms with Crippen LogP contribution in [0.15, 0.2) is 90.1 Å². The standard InChI is InChI=1S/C28H26N2O4/c1-19(22-12-11-20-7-3-5-9-23(20)17-22)30-34-27(32)16-15-26(31)33-28(2,29)25-14-13-21-8-4-6-10-24(21)18-25/h3-14,17-18H,15-16,29H2,1-2H3. The molecule has 1 unspecified atom stereocenters. The summed E-state index contributed by atoms with van der Waals surface area (Å²) in [5.41, 5.74) is 7.01. The molecule has 4 aromatic rings. The summed E-state index contributed by atoms with van der Waals surface area (Å²) in [6.07, 6.45) is -0.328. The van der Waals surface area contributed by atoms with Crippen molar-refractivity contribution in [1.82, 2.24) is 0 Å². The number of carbonyl (C=O) groups excluding carboxylic acids is 2. The van der Waals surface area contributed by atoms with E-state index in [0.717, 1.165) is 27.1 Å². The second kappa shape index (κ2) is 9.85. The van der Waals surface area contributed by atoms with Crippen molar-refractivity contribution in [3.05, 3.63) is 96.1 Å². The molecule has 0 bridgehead atoms. The molecule has 0 aliphatic heterocycles. The summed E-state index contributed by atoms with van der Waals surface area (Å²) in [5.74, 6) is -1.22. The van der Waals surface area contributed by atoms with Crippen molar-refractivity contribution in [2.75, 3.05) is 0 Å². The van der Waals surface area contributed by atoms with Gasteiger partial charge in [-0.25, -0.2) is 4.79 Å². The quantitative estimate of drug-likeness (QED) is 0.132. The zero-order chi connectivity index (χ0) is 24.1. The molecule has 6 heteroatoms. The minimum absolute atomic E-state index is 0.163. The van der Waals surface area contributed by atoms with E-state index < -0.39 is 17.7 Å². The number of oxime groups is 1. The Balaban J connectivity index is 1.31. The van der Waals surface area contributed by atoms with E-state index >= 15 is 0 Å². The van der Waals surface area contributed by atoms with E-state index in [1.54, 1.807) is 13.8 Å². The molecule has 172 valence electrons. The lowest BCUT2D eigenvalue weighted by Gasteiger charge is -2.25. The van der Waals surface area contributed by atoms with E-state index in [1.165, 1.54) is 0 Å². The third kappa shape index (κ3) is 5.47. The zero-order valence-electron chi connectivity index (χ0n) is 19.2. The number of esters is 1. The Labute approximate surface area is 198 Å². The first-order valence-electron chi connectivity index (χ1n) is 11.1. The Morgan fingerprint density at radius 1 is 0.794 bits per heavy atom. The fraction of sp³-hybridized carbons (Fsp3) is 0.179. The molecular formula is C28H26N2O4. The largest absolute Gasteiger partial charge is 0.440 e. The van der Waals surface area contributed by atoms with Crippen LogP contribution in [0, 0.1) is 0 Å². The Kier molecular flexibility index (Phi) is 6.70. The summed E-state index contributed by atoms with van der Waals surface area (Å²) in [6.45, 7) is 3.37. The van der Waals surface area contributed by atoms with E-state index in [1.807, 2.05) is 84.9 Å². The number of hydrogen-bond donors (Lipinski definition) is 1. The molecule has 0 aliphatic carbocycles. The van der Waals surface area contributed by atoms with Crippen LogP contribution >= 0.6 is 0 Å². The fourth-order valence-corrected chi connectivity index (χ4v) is 3.68. The topological polar surface area (TPSA) is 91.0 Å². The summed E-state index contributed by atoms with van der Waals surface area (Å²) >= 11 is 0. The predicted molar refractivity (Wildman–Crippen MR) is 133 cm³/mol. The highest BCUT2D eigenvalue weighted by Gasteiger charge is 2.26. The molecule has 0 aliphatic rings. The lowest BCUT2D eigenvalue weighted by atomic mass is 10.0. The maximum atomic E-state index is 12.3. The molecule has 4 aromatic carbocycles. The molecule has 34 heavy (non-hydrogen) atoms. The summed E-state index contributed by atoms with van der Waals surface area (Å²) in [4.78, 5) is 29.4. The smallest absolute Gasteiger partial charge is 0.335 e. The Hall–Kier alpha value is -4.03. The number of benzene rings is 4. The molecule has 0 amide bonds. The molecule has 0 spiro atoms. The highest BCUT2D eigenvalue weighted by molar-refractivity contribution is 6.02. The van der Waals surface area contributed by atoms with Gasteiger partial charge in [0, 0.05) is 5.56 Å². The first kappa shape index (κ1) is 23.1.